The molecule has 50 heavy (non-hydrogen) atoms. The van der Waals surface area contributed by atoms with Crippen molar-refractivity contribution in [1.82, 2.24) is 20.5 Å². The Morgan fingerprint density at radius 2 is 1.74 bits per heavy atom. The highest BCUT2D eigenvalue weighted by molar-refractivity contribution is 5.90. The molecule has 4 heterocycles. The molecule has 3 aromatic carbocycles. The van der Waals surface area contributed by atoms with Crippen molar-refractivity contribution in [3.63, 3.8) is 0 Å². The van der Waals surface area contributed by atoms with Gasteiger partial charge in [-0.05, 0) is 73.5 Å². The lowest BCUT2D eigenvalue weighted by atomic mass is 9.73. The SMILES string of the molecule is C=C[C@H]1CN2CC[C@H]1C[C@H]2[C@H](OC(=O)[C@H](Cc1ccccc1)NC(=O)[C@H](C)NC(=O)OCc1ccccc1)c1ccnc2ccc(OC)cc12. The maximum absolute atomic E-state index is 14.4. The highest BCUT2D eigenvalue weighted by Gasteiger charge is 2.45. The average Bonchev–Trinajstić information content (AvgIpc) is 3.16. The second-order valence-corrected chi connectivity index (χ2v) is 13.1. The molecule has 0 aliphatic carbocycles. The van der Waals surface area contributed by atoms with Crippen molar-refractivity contribution in [2.45, 2.75) is 57.0 Å². The van der Waals surface area contributed by atoms with Crippen LogP contribution in [0.5, 0.6) is 5.75 Å². The molecule has 10 heteroatoms. The zero-order chi connectivity index (χ0) is 35.0. The van der Waals surface area contributed by atoms with Crippen LogP contribution in [-0.2, 0) is 32.1 Å². The van der Waals surface area contributed by atoms with Gasteiger partial charge in [-0.1, -0.05) is 66.7 Å². The number of benzene rings is 3. The van der Waals surface area contributed by atoms with Crippen molar-refractivity contribution in [3.05, 3.63) is 120 Å². The molecule has 0 radical (unpaired) electrons. The van der Waals surface area contributed by atoms with E-state index >= 15 is 0 Å². The molecule has 2 amide bonds. The van der Waals surface area contributed by atoms with E-state index in [1.807, 2.05) is 91.0 Å². The lowest BCUT2D eigenvalue weighted by molar-refractivity contribution is -0.161. The molecular weight excluding hydrogens is 632 g/mol. The Hall–Kier alpha value is -5.22. The number of piperidine rings is 3. The largest absolute Gasteiger partial charge is 0.497 e. The number of rotatable bonds is 13. The number of alkyl carbamates (subject to hydrolysis) is 1. The maximum Gasteiger partial charge on any atom is 0.408 e. The van der Waals surface area contributed by atoms with Gasteiger partial charge in [0.2, 0.25) is 5.91 Å². The van der Waals surface area contributed by atoms with Crippen LogP contribution in [0.3, 0.4) is 0 Å². The van der Waals surface area contributed by atoms with Gasteiger partial charge in [0, 0.05) is 30.1 Å². The van der Waals surface area contributed by atoms with Crippen LogP contribution in [0.1, 0.15) is 42.6 Å². The second kappa shape index (κ2) is 16.0. The molecule has 260 valence electrons. The number of pyridine rings is 1. The van der Waals surface area contributed by atoms with Gasteiger partial charge in [-0.2, -0.15) is 0 Å². The number of hydrogen-bond donors (Lipinski definition) is 2. The summed E-state index contributed by atoms with van der Waals surface area (Å²) in [7, 11) is 1.62. The Balaban J connectivity index is 1.25. The first-order chi connectivity index (χ1) is 24.3. The molecule has 0 saturated carbocycles. The third-order valence-corrected chi connectivity index (χ3v) is 9.86. The van der Waals surface area contributed by atoms with E-state index in [1.54, 1.807) is 20.2 Å². The van der Waals surface area contributed by atoms with E-state index in [0.29, 0.717) is 17.6 Å². The number of nitrogens with one attached hydrogen (secondary N) is 2. The molecule has 3 aliphatic heterocycles. The number of nitrogens with zero attached hydrogens (tertiary/aromatic N) is 2. The standard InChI is InChI=1S/C40H44N4O6/c1-4-29-24-44-20-18-30(29)22-36(44)37(32-17-19-41-34-16-15-31(48-3)23-33(32)34)50-39(46)35(21-27-11-7-5-8-12-27)43-38(45)26(2)42-40(47)49-25-28-13-9-6-10-14-28/h4-17,19,23,26,29-30,35-37H,1,18,20-22,24-25H2,2-3H3,(H,42,47)(H,43,45)/t26-,29-,30-,35-,36-,37+/m0/s1. The third-order valence-electron chi connectivity index (χ3n) is 9.86. The van der Waals surface area contributed by atoms with Gasteiger partial charge in [-0.25, -0.2) is 9.59 Å². The van der Waals surface area contributed by atoms with E-state index in [9.17, 15) is 14.4 Å². The molecule has 3 saturated heterocycles. The van der Waals surface area contributed by atoms with E-state index in [4.69, 9.17) is 14.2 Å². The number of aromatic nitrogens is 1. The molecule has 1 aromatic heterocycles. The third kappa shape index (κ3) is 8.14. The van der Waals surface area contributed by atoms with Crippen molar-refractivity contribution in [1.29, 1.82) is 0 Å². The summed E-state index contributed by atoms with van der Waals surface area (Å²) >= 11 is 0. The number of ether oxygens (including phenoxy) is 3. The normalized spacial score (nSPS) is 21.3. The summed E-state index contributed by atoms with van der Waals surface area (Å²) in [6.07, 6.45) is 4.49. The number of esters is 1. The van der Waals surface area contributed by atoms with Crippen molar-refractivity contribution in [2.75, 3.05) is 20.2 Å². The minimum absolute atomic E-state index is 0.0630. The molecule has 2 bridgehead atoms. The number of carbonyl (C=O) groups excluding carboxylic acids is 3. The van der Waals surface area contributed by atoms with Crippen LogP contribution in [0.25, 0.3) is 10.9 Å². The van der Waals surface area contributed by atoms with E-state index in [-0.39, 0.29) is 19.1 Å². The van der Waals surface area contributed by atoms with Gasteiger partial charge in [-0.3, -0.25) is 14.7 Å². The Bertz CT molecular complexity index is 1800. The van der Waals surface area contributed by atoms with Gasteiger partial charge < -0.3 is 24.8 Å². The fourth-order valence-corrected chi connectivity index (χ4v) is 7.12. The predicted molar refractivity (Wildman–Crippen MR) is 190 cm³/mol. The summed E-state index contributed by atoms with van der Waals surface area (Å²) in [5, 5.41) is 6.28. The van der Waals surface area contributed by atoms with Gasteiger partial charge >= 0.3 is 12.1 Å². The lowest BCUT2D eigenvalue weighted by Gasteiger charge is -2.51. The number of methoxy groups -OCH3 is 1. The molecule has 2 N–H and O–H groups in total. The number of fused-ring (bicyclic) bond motifs is 4. The summed E-state index contributed by atoms with van der Waals surface area (Å²) in [6, 6.07) is 24.2. The first-order valence-electron chi connectivity index (χ1n) is 17.1. The minimum Gasteiger partial charge on any atom is -0.497 e. The van der Waals surface area contributed by atoms with Crippen LogP contribution in [-0.4, -0.2) is 66.2 Å². The van der Waals surface area contributed by atoms with Crippen LogP contribution in [0.4, 0.5) is 4.79 Å². The summed E-state index contributed by atoms with van der Waals surface area (Å²) in [4.78, 5) is 47.4. The summed E-state index contributed by atoms with van der Waals surface area (Å²) in [5.74, 6) is 0.377. The Morgan fingerprint density at radius 3 is 2.42 bits per heavy atom. The van der Waals surface area contributed by atoms with Gasteiger partial charge in [0.05, 0.1) is 18.7 Å². The smallest absolute Gasteiger partial charge is 0.408 e. The zero-order valence-electron chi connectivity index (χ0n) is 28.5. The van der Waals surface area contributed by atoms with Crippen molar-refractivity contribution < 1.29 is 28.6 Å². The van der Waals surface area contributed by atoms with E-state index in [0.717, 1.165) is 53.5 Å². The lowest BCUT2D eigenvalue weighted by Crippen LogP contribution is -2.56. The van der Waals surface area contributed by atoms with Crippen LogP contribution in [0.2, 0.25) is 0 Å². The Morgan fingerprint density at radius 1 is 1.00 bits per heavy atom. The molecular formula is C40H44N4O6. The van der Waals surface area contributed by atoms with E-state index in [1.165, 1.54) is 0 Å². The maximum atomic E-state index is 14.4. The van der Waals surface area contributed by atoms with Crippen molar-refractivity contribution in [3.8, 4) is 5.75 Å². The summed E-state index contributed by atoms with van der Waals surface area (Å²) in [6.45, 7) is 7.42. The number of hydrogen-bond acceptors (Lipinski definition) is 8. The van der Waals surface area contributed by atoms with Gasteiger partial charge in [0.15, 0.2) is 0 Å². The number of amides is 2. The molecule has 0 spiro atoms. The minimum atomic E-state index is -1.03. The van der Waals surface area contributed by atoms with Crippen molar-refractivity contribution in [2.24, 2.45) is 11.8 Å². The second-order valence-electron chi connectivity index (χ2n) is 13.1. The molecule has 3 fully saturated rings. The molecule has 3 aliphatic rings. The quantitative estimate of drug-likeness (QED) is 0.136. The first-order valence-corrected chi connectivity index (χ1v) is 17.1. The Labute approximate surface area is 292 Å². The van der Waals surface area contributed by atoms with Crippen molar-refractivity contribution >= 4 is 28.9 Å². The highest BCUT2D eigenvalue weighted by atomic mass is 16.6. The monoisotopic (exact) mass is 676 g/mol. The van der Waals surface area contributed by atoms with E-state index < -0.39 is 36.2 Å². The van der Waals surface area contributed by atoms with Crippen LogP contribution < -0.4 is 15.4 Å². The first kappa shape index (κ1) is 34.6. The number of carbonyl (C=O) groups is 3. The summed E-state index contributed by atoms with van der Waals surface area (Å²) < 4.78 is 17.4. The summed E-state index contributed by atoms with van der Waals surface area (Å²) in [5.41, 5.74) is 3.26. The van der Waals surface area contributed by atoms with Gasteiger partial charge in [-0.15, -0.1) is 6.58 Å². The molecule has 7 rings (SSSR count). The fraction of sp³-hybridized carbons (Fsp3) is 0.350. The van der Waals surface area contributed by atoms with Gasteiger partial charge in [0.1, 0.15) is 30.5 Å². The topological polar surface area (TPSA) is 119 Å². The zero-order valence-corrected chi connectivity index (χ0v) is 28.5. The predicted octanol–water partition coefficient (Wildman–Crippen LogP) is 5.77. The van der Waals surface area contributed by atoms with Crippen LogP contribution in [0.15, 0.2) is 104 Å². The molecule has 1 unspecified atom stereocenters. The average molecular weight is 677 g/mol. The van der Waals surface area contributed by atoms with Crippen LogP contribution in [0, 0.1) is 11.8 Å². The molecule has 7 atom stereocenters. The molecule has 4 aromatic rings. The Kier molecular flexibility index (Phi) is 11.1. The van der Waals surface area contributed by atoms with Gasteiger partial charge in [0.25, 0.3) is 0 Å². The fourth-order valence-electron chi connectivity index (χ4n) is 7.12. The molecule has 10 nitrogen and oxygen atoms in total. The highest BCUT2D eigenvalue weighted by Crippen LogP contribution is 2.44. The van der Waals surface area contributed by atoms with E-state index in [2.05, 4.69) is 27.1 Å². The van der Waals surface area contributed by atoms with Crippen LogP contribution >= 0.6 is 0 Å².